The Morgan fingerprint density at radius 2 is 1.90 bits per heavy atom. The number of carbonyl (C=O) groups is 1. The minimum atomic E-state index is -1.84. The van der Waals surface area contributed by atoms with Crippen molar-refractivity contribution >= 4 is 5.97 Å². The molecule has 3 N–H and O–H groups in total. The van der Waals surface area contributed by atoms with Gasteiger partial charge in [-0.05, 0) is 24.8 Å². The van der Waals surface area contributed by atoms with Gasteiger partial charge in [-0.2, -0.15) is 5.48 Å². The highest BCUT2D eigenvalue weighted by molar-refractivity contribution is 5.78. The minimum absolute atomic E-state index is 0.0643. The number of aliphatic hydroxyl groups is 1. The summed E-state index contributed by atoms with van der Waals surface area (Å²) in [6.07, 6.45) is 0.158. The first-order valence-corrected chi connectivity index (χ1v) is 6.73. The summed E-state index contributed by atoms with van der Waals surface area (Å²) in [5.41, 5.74) is 1.75. The lowest BCUT2D eigenvalue weighted by Crippen LogP contribution is -2.55. The predicted octanol–water partition coefficient (Wildman–Crippen LogP) is 1.96. The number of hydrogen-bond acceptors (Lipinski definition) is 4. The number of hydroxylamine groups is 1. The smallest absolute Gasteiger partial charge is 0.337 e. The van der Waals surface area contributed by atoms with Gasteiger partial charge in [0.2, 0.25) is 0 Å². The lowest BCUT2D eigenvalue weighted by Gasteiger charge is -2.31. The van der Waals surface area contributed by atoms with Gasteiger partial charge in [0.25, 0.3) is 0 Å². The third-order valence-corrected chi connectivity index (χ3v) is 3.15. The van der Waals surface area contributed by atoms with Gasteiger partial charge in [-0.3, -0.25) is 4.84 Å². The molecule has 20 heavy (non-hydrogen) atoms. The number of aliphatic carboxylic acids is 1. The zero-order valence-corrected chi connectivity index (χ0v) is 12.2. The number of benzene rings is 1. The van der Waals surface area contributed by atoms with E-state index in [1.807, 2.05) is 44.2 Å². The van der Waals surface area contributed by atoms with Crippen molar-refractivity contribution in [2.75, 3.05) is 0 Å². The highest BCUT2D eigenvalue weighted by Gasteiger charge is 2.42. The number of hydrogen-bond donors (Lipinski definition) is 3. The summed E-state index contributed by atoms with van der Waals surface area (Å²) < 4.78 is 0. The number of carboxylic acids is 1. The van der Waals surface area contributed by atoms with E-state index in [9.17, 15) is 15.0 Å². The zero-order valence-electron chi connectivity index (χ0n) is 12.2. The fourth-order valence-corrected chi connectivity index (χ4v) is 1.99. The van der Waals surface area contributed by atoms with E-state index in [1.165, 1.54) is 0 Å². The Bertz CT molecular complexity index is 421. The summed E-state index contributed by atoms with van der Waals surface area (Å²) in [5.74, 6) is -1.18. The van der Waals surface area contributed by atoms with Crippen LogP contribution in [0, 0.1) is 5.92 Å². The molecule has 2 atom stereocenters. The summed E-state index contributed by atoms with van der Waals surface area (Å²) in [4.78, 5) is 16.6. The monoisotopic (exact) mass is 281 g/mol. The van der Waals surface area contributed by atoms with Gasteiger partial charge in [-0.1, -0.05) is 44.2 Å². The second kappa shape index (κ2) is 7.38. The van der Waals surface area contributed by atoms with E-state index in [-0.39, 0.29) is 12.3 Å². The van der Waals surface area contributed by atoms with Gasteiger partial charge in [0, 0.05) is 0 Å². The van der Waals surface area contributed by atoms with Crippen molar-refractivity contribution in [1.29, 1.82) is 0 Å². The fourth-order valence-electron chi connectivity index (χ4n) is 1.99. The van der Waals surface area contributed by atoms with Crippen LogP contribution in [-0.4, -0.2) is 27.8 Å². The van der Waals surface area contributed by atoms with Crippen LogP contribution < -0.4 is 5.48 Å². The number of rotatable bonds is 8. The molecule has 0 heterocycles. The maximum atomic E-state index is 11.3. The Morgan fingerprint density at radius 1 is 1.30 bits per heavy atom. The Hall–Kier alpha value is -1.43. The lowest BCUT2D eigenvalue weighted by atomic mass is 9.87. The third-order valence-electron chi connectivity index (χ3n) is 3.15. The Labute approximate surface area is 119 Å². The van der Waals surface area contributed by atoms with E-state index in [1.54, 1.807) is 6.92 Å². The van der Waals surface area contributed by atoms with E-state index in [2.05, 4.69) is 5.48 Å². The summed E-state index contributed by atoms with van der Waals surface area (Å²) in [6, 6.07) is 8.80. The predicted molar refractivity (Wildman–Crippen MR) is 75.9 cm³/mol. The first-order valence-electron chi connectivity index (χ1n) is 6.73. The number of carboxylic acid groups (broad SMARTS) is 1. The molecule has 1 rings (SSSR count). The molecule has 1 aromatic rings. The molecule has 0 aliphatic carbocycles. The summed E-state index contributed by atoms with van der Waals surface area (Å²) in [7, 11) is 0. The summed E-state index contributed by atoms with van der Waals surface area (Å²) >= 11 is 0. The molecule has 0 aliphatic rings. The standard InChI is InChI=1S/C15H23NO4/c1-11(2)9-15(19,14(17)18)12(3)16-20-10-13-7-5-4-6-8-13/h4-8,11-12,16,19H,9-10H2,1-3H3,(H,17,18). The molecule has 0 saturated carbocycles. The lowest BCUT2D eigenvalue weighted by molar-refractivity contribution is -0.169. The van der Waals surface area contributed by atoms with Crippen molar-refractivity contribution in [2.24, 2.45) is 5.92 Å². The molecule has 112 valence electrons. The Balaban J connectivity index is 2.54. The van der Waals surface area contributed by atoms with Crippen molar-refractivity contribution in [3.8, 4) is 0 Å². The van der Waals surface area contributed by atoms with Crippen molar-refractivity contribution in [1.82, 2.24) is 5.48 Å². The van der Waals surface area contributed by atoms with E-state index in [0.717, 1.165) is 5.56 Å². The molecule has 0 saturated heterocycles. The van der Waals surface area contributed by atoms with Crippen LogP contribution >= 0.6 is 0 Å². The molecule has 0 aromatic heterocycles. The Kier molecular flexibility index (Phi) is 6.13. The summed E-state index contributed by atoms with van der Waals surface area (Å²) in [6.45, 7) is 5.64. The van der Waals surface area contributed by atoms with E-state index < -0.39 is 17.6 Å². The van der Waals surface area contributed by atoms with Crippen LogP contribution in [0.3, 0.4) is 0 Å². The first kappa shape index (κ1) is 16.6. The van der Waals surface area contributed by atoms with Gasteiger partial charge in [0.05, 0.1) is 12.6 Å². The molecule has 0 fully saturated rings. The Morgan fingerprint density at radius 3 is 2.40 bits per heavy atom. The van der Waals surface area contributed by atoms with Crippen LogP contribution in [0.2, 0.25) is 0 Å². The van der Waals surface area contributed by atoms with Crippen molar-refractivity contribution in [2.45, 2.75) is 45.4 Å². The highest BCUT2D eigenvalue weighted by Crippen LogP contribution is 2.21. The van der Waals surface area contributed by atoms with Crippen molar-refractivity contribution in [3.05, 3.63) is 35.9 Å². The van der Waals surface area contributed by atoms with Crippen LogP contribution in [0.1, 0.15) is 32.8 Å². The molecule has 2 unspecified atom stereocenters. The number of nitrogens with one attached hydrogen (secondary N) is 1. The molecule has 5 nitrogen and oxygen atoms in total. The van der Waals surface area contributed by atoms with Gasteiger partial charge in [0.15, 0.2) is 5.60 Å². The molecule has 0 radical (unpaired) electrons. The van der Waals surface area contributed by atoms with Gasteiger partial charge in [-0.25, -0.2) is 4.79 Å². The van der Waals surface area contributed by atoms with E-state index >= 15 is 0 Å². The minimum Gasteiger partial charge on any atom is -0.479 e. The molecule has 5 heteroatoms. The molecule has 0 spiro atoms. The van der Waals surface area contributed by atoms with Gasteiger partial charge >= 0.3 is 5.97 Å². The SMILES string of the molecule is CC(C)CC(O)(C(=O)O)C(C)NOCc1ccccc1. The first-order chi connectivity index (χ1) is 9.36. The van der Waals surface area contributed by atoms with Crippen molar-refractivity contribution < 1.29 is 19.8 Å². The quantitative estimate of drug-likeness (QED) is 0.635. The summed E-state index contributed by atoms with van der Waals surface area (Å²) in [5, 5.41) is 19.5. The molecule has 0 bridgehead atoms. The normalized spacial score (nSPS) is 15.8. The highest BCUT2D eigenvalue weighted by atomic mass is 16.6. The maximum absolute atomic E-state index is 11.3. The molecule has 1 aromatic carbocycles. The van der Waals surface area contributed by atoms with Crippen molar-refractivity contribution in [3.63, 3.8) is 0 Å². The van der Waals surface area contributed by atoms with Crippen LogP contribution in [0.5, 0.6) is 0 Å². The second-order valence-corrected chi connectivity index (χ2v) is 5.44. The fraction of sp³-hybridized carbons (Fsp3) is 0.533. The van der Waals surface area contributed by atoms with E-state index in [0.29, 0.717) is 6.61 Å². The zero-order chi connectivity index (χ0) is 15.2. The third kappa shape index (κ3) is 4.59. The maximum Gasteiger partial charge on any atom is 0.337 e. The van der Waals surface area contributed by atoms with Gasteiger partial charge in [0.1, 0.15) is 0 Å². The molecular weight excluding hydrogens is 258 g/mol. The topological polar surface area (TPSA) is 78.8 Å². The largest absolute Gasteiger partial charge is 0.479 e. The average molecular weight is 281 g/mol. The van der Waals surface area contributed by atoms with E-state index in [4.69, 9.17) is 4.84 Å². The van der Waals surface area contributed by atoms with Crippen LogP contribution in [0.25, 0.3) is 0 Å². The second-order valence-electron chi connectivity index (χ2n) is 5.44. The van der Waals surface area contributed by atoms with Gasteiger partial charge < -0.3 is 10.2 Å². The van der Waals surface area contributed by atoms with Gasteiger partial charge in [-0.15, -0.1) is 0 Å². The van der Waals surface area contributed by atoms with Crippen LogP contribution in [0.15, 0.2) is 30.3 Å². The molecule has 0 aliphatic heterocycles. The average Bonchev–Trinajstić information content (AvgIpc) is 2.38. The molecular formula is C15H23NO4. The molecule has 0 amide bonds. The van der Waals surface area contributed by atoms with Crippen LogP contribution in [-0.2, 0) is 16.2 Å². The van der Waals surface area contributed by atoms with Crippen LogP contribution in [0.4, 0.5) is 0 Å².